The van der Waals surface area contributed by atoms with Gasteiger partial charge in [0.25, 0.3) is 7.82 Å². The van der Waals surface area contributed by atoms with Gasteiger partial charge in [-0.25, -0.2) is 0 Å². The number of carbonyl (C=O) groups excluding carboxylic acids is 1. The summed E-state index contributed by atoms with van der Waals surface area (Å²) in [5, 5.41) is 23.2. The quantitative estimate of drug-likeness (QED) is 0.0267. The van der Waals surface area contributed by atoms with Gasteiger partial charge in [0.2, 0.25) is 5.91 Å². The predicted octanol–water partition coefficient (Wildman–Crippen LogP) is 8.41. The number of rotatable bonds is 33. The molecule has 0 saturated heterocycles. The molecule has 9 nitrogen and oxygen atoms in total. The Balaban J connectivity index is 4.67. The Bertz CT molecular complexity index is 1080. The van der Waals surface area contributed by atoms with E-state index in [0.29, 0.717) is 17.4 Å². The molecule has 0 radical (unpaired) electrons. The first-order chi connectivity index (χ1) is 24.4. The lowest BCUT2D eigenvalue weighted by Gasteiger charge is -2.29. The number of quaternary nitrogens is 1. The van der Waals surface area contributed by atoms with E-state index in [-0.39, 0.29) is 25.0 Å². The average Bonchev–Trinajstić information content (AvgIpc) is 3.07. The topological polar surface area (TPSA) is 128 Å². The normalized spacial score (nSPS) is 16.0. The van der Waals surface area contributed by atoms with Crippen LogP contribution in [0.2, 0.25) is 0 Å². The lowest BCUT2D eigenvalue weighted by Crippen LogP contribution is -2.45. The van der Waals surface area contributed by atoms with Crippen molar-refractivity contribution in [1.82, 2.24) is 5.32 Å². The Morgan fingerprint density at radius 3 is 1.92 bits per heavy atom. The minimum absolute atomic E-state index is 0.0267. The fourth-order valence-corrected chi connectivity index (χ4v) is 5.45. The Morgan fingerprint density at radius 1 is 0.745 bits per heavy atom. The largest absolute Gasteiger partial charge is 0.756 e. The van der Waals surface area contributed by atoms with Crippen molar-refractivity contribution in [1.29, 1.82) is 0 Å². The third-order valence-electron chi connectivity index (χ3n) is 8.05. The molecular formula is C41H73N2O7P. The molecule has 0 rings (SSSR count). The molecule has 0 saturated carbocycles. The van der Waals surface area contributed by atoms with Gasteiger partial charge in [0, 0.05) is 6.42 Å². The van der Waals surface area contributed by atoms with Gasteiger partial charge in [-0.05, 0) is 77.0 Å². The van der Waals surface area contributed by atoms with Crippen molar-refractivity contribution in [2.45, 2.75) is 141 Å². The van der Waals surface area contributed by atoms with Crippen molar-refractivity contribution in [3.05, 3.63) is 72.9 Å². The molecule has 0 aromatic heterocycles. The number of aliphatic hydroxyl groups excluding tert-OH is 2. The van der Waals surface area contributed by atoms with Crippen LogP contribution in [0, 0.1) is 0 Å². The number of phosphoric acid groups is 1. The number of likely N-dealkylation sites (N-methyl/N-ethyl adjacent to an activating group) is 1. The van der Waals surface area contributed by atoms with Crippen molar-refractivity contribution >= 4 is 13.7 Å². The van der Waals surface area contributed by atoms with E-state index in [4.69, 9.17) is 9.05 Å². The summed E-state index contributed by atoms with van der Waals surface area (Å²) < 4.78 is 23.0. The van der Waals surface area contributed by atoms with Crippen LogP contribution in [-0.4, -0.2) is 79.8 Å². The molecule has 0 aliphatic rings. The zero-order chi connectivity index (χ0) is 38.1. The maximum atomic E-state index is 12.8. The number of carbonyl (C=O) groups is 1. The summed E-state index contributed by atoms with van der Waals surface area (Å²) >= 11 is 0. The molecule has 0 bridgehead atoms. The Kier molecular flexibility index (Phi) is 31.2. The lowest BCUT2D eigenvalue weighted by molar-refractivity contribution is -0.870. The van der Waals surface area contributed by atoms with Gasteiger partial charge in [-0.2, -0.15) is 0 Å². The standard InChI is InChI=1S/C41H73N2O7P/c1-6-8-9-10-11-12-17-21-24-27-30-33-40(45)39(37-50-51(47,48)49-36-35-43(3,4)5)42-41(46)34-31-28-25-22-19-16-14-13-15-18-20-23-26-29-32-38(44)7-2/h14-18,21-23,25-26,30,33,38-40,44-45H,6-13,19-20,24,27-29,31-32,34-37H2,1-5H3,(H-,42,46,47,48)/b16-14-,18-15-,21-17-,25-22-,26-23-,33-30+/t38-,39+,40-/m1/s1. The van der Waals surface area contributed by atoms with Crippen molar-refractivity contribution in [2.75, 3.05) is 40.9 Å². The Hall–Kier alpha value is -2.10. The molecule has 0 heterocycles. The molecule has 0 fully saturated rings. The molecule has 0 aliphatic heterocycles. The maximum absolute atomic E-state index is 12.8. The average molecular weight is 737 g/mol. The second-order valence-corrected chi connectivity index (χ2v) is 15.5. The maximum Gasteiger partial charge on any atom is 0.268 e. The first kappa shape index (κ1) is 48.9. The highest BCUT2D eigenvalue weighted by Crippen LogP contribution is 2.38. The van der Waals surface area contributed by atoms with Crippen LogP contribution in [0.1, 0.15) is 123 Å². The van der Waals surface area contributed by atoms with Crippen LogP contribution in [0.5, 0.6) is 0 Å². The van der Waals surface area contributed by atoms with Crippen LogP contribution >= 0.6 is 7.82 Å². The SMILES string of the molecule is CCCCCCC/C=C\CC/C=C/[C@@H](O)[C@H](COP(=O)([O-])OCC[N+](C)(C)C)NC(=O)CCC/C=C\C/C=C\C/C=C\C/C=C\CC[C@H](O)CC. The van der Waals surface area contributed by atoms with Gasteiger partial charge in [0.1, 0.15) is 13.2 Å². The third kappa shape index (κ3) is 34.7. The number of phosphoric ester groups is 1. The number of hydrogen-bond acceptors (Lipinski definition) is 7. The van der Waals surface area contributed by atoms with Crippen molar-refractivity contribution in [3.8, 4) is 0 Å². The number of amides is 1. The monoisotopic (exact) mass is 737 g/mol. The zero-order valence-corrected chi connectivity index (χ0v) is 33.5. The second kappa shape index (κ2) is 32.5. The summed E-state index contributed by atoms with van der Waals surface area (Å²) in [6.07, 6.45) is 39.0. The number of allylic oxidation sites excluding steroid dienone is 11. The lowest BCUT2D eigenvalue weighted by atomic mass is 10.1. The highest BCUT2D eigenvalue weighted by atomic mass is 31.2. The minimum atomic E-state index is -4.61. The summed E-state index contributed by atoms with van der Waals surface area (Å²) in [5.41, 5.74) is 0. The summed E-state index contributed by atoms with van der Waals surface area (Å²) in [4.78, 5) is 25.1. The molecule has 51 heavy (non-hydrogen) atoms. The Labute approximate surface area is 311 Å². The second-order valence-electron chi connectivity index (χ2n) is 14.1. The minimum Gasteiger partial charge on any atom is -0.756 e. The molecule has 0 aromatic rings. The van der Waals surface area contributed by atoms with Crippen LogP contribution < -0.4 is 10.2 Å². The van der Waals surface area contributed by atoms with Gasteiger partial charge in [-0.15, -0.1) is 0 Å². The number of hydrogen-bond donors (Lipinski definition) is 3. The van der Waals surface area contributed by atoms with E-state index in [1.807, 2.05) is 40.2 Å². The van der Waals surface area contributed by atoms with E-state index in [0.717, 1.165) is 64.2 Å². The zero-order valence-electron chi connectivity index (χ0n) is 32.6. The molecule has 0 spiro atoms. The first-order valence-electron chi connectivity index (χ1n) is 19.4. The molecule has 1 amide bonds. The van der Waals surface area contributed by atoms with Gasteiger partial charge in [0.15, 0.2) is 0 Å². The molecule has 0 aromatic carbocycles. The van der Waals surface area contributed by atoms with Crippen LogP contribution in [-0.2, 0) is 18.4 Å². The number of aliphatic hydroxyl groups is 2. The number of nitrogens with one attached hydrogen (secondary N) is 1. The van der Waals surface area contributed by atoms with E-state index in [2.05, 4.69) is 66.9 Å². The predicted molar refractivity (Wildman–Crippen MR) is 211 cm³/mol. The van der Waals surface area contributed by atoms with Gasteiger partial charge in [-0.3, -0.25) is 9.36 Å². The van der Waals surface area contributed by atoms with Crippen LogP contribution in [0.25, 0.3) is 0 Å². The van der Waals surface area contributed by atoms with Gasteiger partial charge < -0.3 is 34.0 Å². The van der Waals surface area contributed by atoms with E-state index >= 15 is 0 Å². The molecular weight excluding hydrogens is 663 g/mol. The van der Waals surface area contributed by atoms with E-state index in [1.54, 1.807) is 6.08 Å². The van der Waals surface area contributed by atoms with Crippen LogP contribution in [0.4, 0.5) is 0 Å². The highest BCUT2D eigenvalue weighted by Gasteiger charge is 2.23. The van der Waals surface area contributed by atoms with E-state index in [9.17, 15) is 24.5 Å². The molecule has 294 valence electrons. The highest BCUT2D eigenvalue weighted by molar-refractivity contribution is 7.45. The smallest absolute Gasteiger partial charge is 0.268 e. The first-order valence-corrected chi connectivity index (χ1v) is 20.8. The molecule has 0 aliphatic carbocycles. The number of nitrogens with zero attached hydrogens (tertiary/aromatic N) is 1. The third-order valence-corrected chi connectivity index (χ3v) is 9.02. The van der Waals surface area contributed by atoms with Crippen LogP contribution in [0.3, 0.4) is 0 Å². The molecule has 1 unspecified atom stereocenters. The summed E-state index contributed by atoms with van der Waals surface area (Å²) in [5.74, 6) is -0.280. The van der Waals surface area contributed by atoms with Gasteiger partial charge in [-0.1, -0.05) is 112 Å². The summed E-state index contributed by atoms with van der Waals surface area (Å²) in [7, 11) is 1.17. The van der Waals surface area contributed by atoms with Gasteiger partial charge in [0.05, 0.1) is 46.0 Å². The van der Waals surface area contributed by atoms with E-state index in [1.165, 1.54) is 32.1 Å². The van der Waals surface area contributed by atoms with Crippen molar-refractivity contribution in [3.63, 3.8) is 0 Å². The number of unbranched alkanes of at least 4 members (excludes halogenated alkanes) is 7. The summed E-state index contributed by atoms with van der Waals surface area (Å²) in [6.45, 7) is 4.23. The van der Waals surface area contributed by atoms with Crippen molar-refractivity contribution < 1.29 is 38.0 Å². The molecule has 3 N–H and O–H groups in total. The summed E-state index contributed by atoms with van der Waals surface area (Å²) in [6, 6.07) is -0.942. The van der Waals surface area contributed by atoms with Gasteiger partial charge >= 0.3 is 0 Å². The van der Waals surface area contributed by atoms with Crippen molar-refractivity contribution in [2.24, 2.45) is 0 Å². The fraction of sp³-hybridized carbons (Fsp3) is 0.683. The Morgan fingerprint density at radius 2 is 1.29 bits per heavy atom. The fourth-order valence-electron chi connectivity index (χ4n) is 4.73. The molecule has 4 atom stereocenters. The van der Waals surface area contributed by atoms with Crippen LogP contribution in [0.15, 0.2) is 72.9 Å². The molecule has 10 heteroatoms. The van der Waals surface area contributed by atoms with E-state index < -0.39 is 26.6 Å².